The molecule has 0 aliphatic rings. The van der Waals surface area contributed by atoms with E-state index in [1.54, 1.807) is 24.3 Å². The van der Waals surface area contributed by atoms with Gasteiger partial charge in [0.15, 0.2) is 0 Å². The molecule has 0 bridgehead atoms. The first kappa shape index (κ1) is 22.0. The van der Waals surface area contributed by atoms with E-state index in [1.807, 2.05) is 6.08 Å². The monoisotopic (exact) mass is 337 g/mol. The predicted molar refractivity (Wildman–Crippen MR) is 97.6 cm³/mol. The van der Waals surface area contributed by atoms with Crippen molar-refractivity contribution >= 4 is 6.09 Å². The standard InChI is InChI=1S/C19H31NO4/c1-3-5-8-14-18(24-19(20)23)15-17(22)13-10-7-9-12-16(21)11-6-4-2/h4,6-7,9,11-12,17-18,21-22H,2-3,5,8,10,13-15H2,1H3,(H2,20,23). The van der Waals surface area contributed by atoms with E-state index in [0.29, 0.717) is 19.3 Å². The summed E-state index contributed by atoms with van der Waals surface area (Å²) in [7, 11) is 0. The first-order valence-electron chi connectivity index (χ1n) is 8.48. The molecule has 0 spiro atoms. The molecular formula is C19H31NO4. The van der Waals surface area contributed by atoms with Crippen molar-refractivity contribution in [1.29, 1.82) is 0 Å². The molecule has 2 unspecified atom stereocenters. The number of carbonyl (C=O) groups is 1. The first-order chi connectivity index (χ1) is 11.5. The van der Waals surface area contributed by atoms with Crippen LogP contribution in [0.15, 0.2) is 48.8 Å². The third-order valence-electron chi connectivity index (χ3n) is 3.42. The maximum atomic E-state index is 10.9. The van der Waals surface area contributed by atoms with Crippen LogP contribution in [0.1, 0.15) is 51.9 Å². The summed E-state index contributed by atoms with van der Waals surface area (Å²) in [6.07, 6.45) is 13.7. The lowest BCUT2D eigenvalue weighted by molar-refractivity contribution is 0.0505. The van der Waals surface area contributed by atoms with Gasteiger partial charge in [-0.25, -0.2) is 4.79 Å². The molecule has 0 aliphatic heterocycles. The highest BCUT2D eigenvalue weighted by Crippen LogP contribution is 2.15. The van der Waals surface area contributed by atoms with Crippen molar-refractivity contribution in [1.82, 2.24) is 0 Å². The lowest BCUT2D eigenvalue weighted by Gasteiger charge is -2.19. The number of hydrogen-bond donors (Lipinski definition) is 3. The molecule has 1 amide bonds. The van der Waals surface area contributed by atoms with Crippen molar-refractivity contribution in [3.63, 3.8) is 0 Å². The zero-order valence-corrected chi connectivity index (χ0v) is 14.6. The molecule has 0 fully saturated rings. The molecule has 0 saturated carbocycles. The van der Waals surface area contributed by atoms with Crippen LogP contribution in [0.3, 0.4) is 0 Å². The third-order valence-corrected chi connectivity index (χ3v) is 3.42. The number of aliphatic hydroxyl groups is 2. The topological polar surface area (TPSA) is 92.8 Å². The van der Waals surface area contributed by atoms with Crippen LogP contribution < -0.4 is 5.73 Å². The van der Waals surface area contributed by atoms with E-state index in [0.717, 1.165) is 25.7 Å². The van der Waals surface area contributed by atoms with Gasteiger partial charge in [-0.1, -0.05) is 50.6 Å². The van der Waals surface area contributed by atoms with Gasteiger partial charge in [0.05, 0.1) is 6.10 Å². The number of primary amides is 1. The Morgan fingerprint density at radius 2 is 2.04 bits per heavy atom. The van der Waals surface area contributed by atoms with Crippen molar-refractivity contribution in [2.75, 3.05) is 0 Å². The van der Waals surface area contributed by atoms with Crippen LogP contribution in [-0.2, 0) is 4.74 Å². The second-order valence-corrected chi connectivity index (χ2v) is 5.64. The lowest BCUT2D eigenvalue weighted by atomic mass is 10.0. The molecule has 0 radical (unpaired) electrons. The Labute approximate surface area is 145 Å². The summed E-state index contributed by atoms with van der Waals surface area (Å²) in [5.41, 5.74) is 5.08. The Morgan fingerprint density at radius 3 is 2.67 bits per heavy atom. The average molecular weight is 337 g/mol. The van der Waals surface area contributed by atoms with Gasteiger partial charge in [0.1, 0.15) is 11.9 Å². The third kappa shape index (κ3) is 13.6. The molecule has 24 heavy (non-hydrogen) atoms. The van der Waals surface area contributed by atoms with Gasteiger partial charge in [-0.15, -0.1) is 0 Å². The van der Waals surface area contributed by atoms with Crippen LogP contribution in [0.25, 0.3) is 0 Å². The van der Waals surface area contributed by atoms with Gasteiger partial charge in [-0.3, -0.25) is 0 Å². The zero-order valence-electron chi connectivity index (χ0n) is 14.6. The molecule has 0 heterocycles. The van der Waals surface area contributed by atoms with Crippen LogP contribution in [-0.4, -0.2) is 28.5 Å². The summed E-state index contributed by atoms with van der Waals surface area (Å²) in [5, 5.41) is 19.5. The van der Waals surface area contributed by atoms with Crippen molar-refractivity contribution in [3.05, 3.63) is 48.8 Å². The van der Waals surface area contributed by atoms with Crippen molar-refractivity contribution in [3.8, 4) is 0 Å². The molecule has 4 N–H and O–H groups in total. The number of amides is 1. The molecule has 5 nitrogen and oxygen atoms in total. The maximum Gasteiger partial charge on any atom is 0.404 e. The summed E-state index contributed by atoms with van der Waals surface area (Å²) >= 11 is 0. The molecule has 0 aromatic carbocycles. The molecule has 0 aromatic rings. The average Bonchev–Trinajstić information content (AvgIpc) is 2.52. The van der Waals surface area contributed by atoms with Gasteiger partial charge in [0, 0.05) is 6.42 Å². The van der Waals surface area contributed by atoms with E-state index in [1.165, 1.54) is 6.08 Å². The van der Waals surface area contributed by atoms with Gasteiger partial charge >= 0.3 is 6.09 Å². The van der Waals surface area contributed by atoms with Gasteiger partial charge in [-0.05, 0) is 37.8 Å². The lowest BCUT2D eigenvalue weighted by Crippen LogP contribution is -2.26. The number of ether oxygens (including phenoxy) is 1. The Bertz CT molecular complexity index is 441. The molecule has 0 rings (SSSR count). The molecule has 2 atom stereocenters. The van der Waals surface area contributed by atoms with E-state index < -0.39 is 12.2 Å². The van der Waals surface area contributed by atoms with Crippen LogP contribution in [0.2, 0.25) is 0 Å². The van der Waals surface area contributed by atoms with Gasteiger partial charge in [0.25, 0.3) is 0 Å². The fraction of sp³-hybridized carbons (Fsp3) is 0.526. The van der Waals surface area contributed by atoms with Crippen molar-refractivity contribution < 1.29 is 19.7 Å². The Balaban J connectivity index is 4.18. The van der Waals surface area contributed by atoms with E-state index >= 15 is 0 Å². The summed E-state index contributed by atoms with van der Waals surface area (Å²) in [4.78, 5) is 10.9. The number of hydrogen-bond acceptors (Lipinski definition) is 4. The molecule has 5 heteroatoms. The number of allylic oxidation sites excluding steroid dienone is 6. The summed E-state index contributed by atoms with van der Waals surface area (Å²) < 4.78 is 5.07. The van der Waals surface area contributed by atoms with Crippen LogP contribution in [0.5, 0.6) is 0 Å². The molecule has 0 aliphatic carbocycles. The minimum Gasteiger partial charge on any atom is -0.508 e. The van der Waals surface area contributed by atoms with E-state index in [2.05, 4.69) is 13.5 Å². The molecule has 0 aromatic heterocycles. The Hall–Kier alpha value is -2.01. The highest BCUT2D eigenvalue weighted by molar-refractivity contribution is 5.64. The minimum atomic E-state index is -0.795. The minimum absolute atomic E-state index is 0.137. The fourth-order valence-electron chi connectivity index (χ4n) is 2.21. The Morgan fingerprint density at radius 1 is 1.29 bits per heavy atom. The van der Waals surface area contributed by atoms with Crippen molar-refractivity contribution in [2.45, 2.75) is 64.1 Å². The summed E-state index contributed by atoms with van der Waals surface area (Å²) in [6, 6.07) is 0. The van der Waals surface area contributed by atoms with E-state index in [9.17, 15) is 15.0 Å². The normalized spacial score (nSPS) is 14.8. The van der Waals surface area contributed by atoms with Crippen LogP contribution >= 0.6 is 0 Å². The van der Waals surface area contributed by atoms with Gasteiger partial charge in [0.2, 0.25) is 0 Å². The molecule has 0 saturated heterocycles. The largest absolute Gasteiger partial charge is 0.508 e. The summed E-state index contributed by atoms with van der Waals surface area (Å²) in [5.74, 6) is 0.137. The van der Waals surface area contributed by atoms with Crippen LogP contribution in [0.4, 0.5) is 4.79 Å². The van der Waals surface area contributed by atoms with Gasteiger partial charge < -0.3 is 20.7 Å². The van der Waals surface area contributed by atoms with E-state index in [4.69, 9.17) is 10.5 Å². The maximum absolute atomic E-state index is 10.9. The highest BCUT2D eigenvalue weighted by Gasteiger charge is 2.17. The second-order valence-electron chi connectivity index (χ2n) is 5.64. The Kier molecular flexibility index (Phi) is 13.4. The number of aliphatic hydroxyl groups excluding tert-OH is 2. The predicted octanol–water partition coefficient (Wildman–Crippen LogP) is 4.30. The number of rotatable bonds is 13. The van der Waals surface area contributed by atoms with Gasteiger partial charge in [-0.2, -0.15) is 0 Å². The smallest absolute Gasteiger partial charge is 0.404 e. The zero-order chi connectivity index (χ0) is 18.2. The number of unbranched alkanes of at least 4 members (excludes halogenated alkanes) is 2. The summed E-state index contributed by atoms with van der Waals surface area (Å²) in [6.45, 7) is 5.62. The highest BCUT2D eigenvalue weighted by atomic mass is 16.6. The SMILES string of the molecule is C=CC=CC(O)=CC=CCCC(O)CC(CCCCC)OC(N)=O. The molecular weight excluding hydrogens is 306 g/mol. The second kappa shape index (κ2) is 14.6. The quantitative estimate of drug-likeness (QED) is 0.265. The number of nitrogens with two attached hydrogens (primary N) is 1. The molecule has 136 valence electrons. The first-order valence-corrected chi connectivity index (χ1v) is 8.48. The van der Waals surface area contributed by atoms with E-state index in [-0.39, 0.29) is 11.9 Å². The number of carbonyl (C=O) groups excluding carboxylic acids is 1. The van der Waals surface area contributed by atoms with Crippen LogP contribution in [0, 0.1) is 0 Å². The fourth-order valence-corrected chi connectivity index (χ4v) is 2.21. The van der Waals surface area contributed by atoms with Crippen molar-refractivity contribution in [2.24, 2.45) is 5.73 Å².